The van der Waals surface area contributed by atoms with Gasteiger partial charge >= 0.3 is 0 Å². The van der Waals surface area contributed by atoms with Gasteiger partial charge in [0.15, 0.2) is 11.0 Å². The number of amides is 1. The van der Waals surface area contributed by atoms with Gasteiger partial charge in [-0.2, -0.15) is 0 Å². The molecule has 1 amide bonds. The molecule has 3 aromatic carbocycles. The molecule has 1 N–H and O–H groups in total. The largest absolute Gasteiger partial charge is 0.494 e. The summed E-state index contributed by atoms with van der Waals surface area (Å²) in [7, 11) is 0. The number of aromatic nitrogens is 3. The molecule has 0 saturated heterocycles. The van der Waals surface area contributed by atoms with E-state index in [1.165, 1.54) is 23.9 Å². The third-order valence-electron chi connectivity index (χ3n) is 4.60. The molecule has 168 valence electrons. The summed E-state index contributed by atoms with van der Waals surface area (Å²) < 4.78 is 21.2. The number of nitrogens with one attached hydrogen (secondary N) is 1. The lowest BCUT2D eigenvalue weighted by Gasteiger charge is -2.12. The number of hydrogen-bond acceptors (Lipinski definition) is 5. The number of carbonyl (C=O) groups is 1. The Morgan fingerprint density at radius 2 is 1.88 bits per heavy atom. The SMILES string of the molecule is CCOc1ccc(-n2c(SCC(=O)Nc3ccccc3F)nnc2-c2cccc(Cl)c2)cc1. The van der Waals surface area contributed by atoms with Gasteiger partial charge in [-0.15, -0.1) is 10.2 Å². The fraction of sp³-hybridized carbons (Fsp3) is 0.125. The molecule has 0 fully saturated rings. The Morgan fingerprint density at radius 1 is 1.09 bits per heavy atom. The minimum atomic E-state index is -0.489. The van der Waals surface area contributed by atoms with Crippen molar-refractivity contribution >= 4 is 35.0 Å². The second kappa shape index (κ2) is 10.5. The standard InChI is InChI=1S/C24H20ClFN4O2S/c1-2-32-19-12-10-18(11-13-19)30-23(16-6-5-7-17(25)14-16)28-29-24(30)33-15-22(31)27-21-9-4-3-8-20(21)26/h3-14H,2,15H2,1H3,(H,27,31). The lowest BCUT2D eigenvalue weighted by molar-refractivity contribution is -0.113. The number of nitrogens with zero attached hydrogens (tertiary/aromatic N) is 3. The Balaban J connectivity index is 1.62. The number of carbonyl (C=O) groups excluding carboxylic acids is 1. The summed E-state index contributed by atoms with van der Waals surface area (Å²) in [5.41, 5.74) is 1.72. The van der Waals surface area contributed by atoms with E-state index in [2.05, 4.69) is 15.5 Å². The van der Waals surface area contributed by atoms with E-state index in [-0.39, 0.29) is 17.3 Å². The van der Waals surface area contributed by atoms with Gasteiger partial charge in [-0.25, -0.2) is 4.39 Å². The van der Waals surface area contributed by atoms with E-state index in [4.69, 9.17) is 16.3 Å². The van der Waals surface area contributed by atoms with Crippen LogP contribution in [0.15, 0.2) is 78.0 Å². The van der Waals surface area contributed by atoms with Gasteiger partial charge in [-0.3, -0.25) is 9.36 Å². The van der Waals surface area contributed by atoms with Crippen molar-refractivity contribution in [2.24, 2.45) is 0 Å². The minimum absolute atomic E-state index is 0.0268. The predicted molar refractivity (Wildman–Crippen MR) is 129 cm³/mol. The van der Waals surface area contributed by atoms with Crippen LogP contribution in [0.25, 0.3) is 17.1 Å². The monoisotopic (exact) mass is 482 g/mol. The third kappa shape index (κ3) is 5.53. The second-order valence-corrected chi connectivity index (χ2v) is 8.27. The molecule has 4 aromatic rings. The highest BCUT2D eigenvalue weighted by atomic mass is 35.5. The smallest absolute Gasteiger partial charge is 0.234 e. The minimum Gasteiger partial charge on any atom is -0.494 e. The molecule has 0 spiro atoms. The summed E-state index contributed by atoms with van der Waals surface area (Å²) in [6, 6.07) is 20.9. The van der Waals surface area contributed by atoms with E-state index < -0.39 is 5.82 Å². The Hall–Kier alpha value is -3.36. The molecule has 0 aliphatic rings. The van der Waals surface area contributed by atoms with Gasteiger partial charge in [0.25, 0.3) is 0 Å². The zero-order valence-corrected chi connectivity index (χ0v) is 19.2. The molecule has 0 aliphatic heterocycles. The molecule has 0 aliphatic carbocycles. The Morgan fingerprint density at radius 3 is 2.61 bits per heavy atom. The van der Waals surface area contributed by atoms with Crippen LogP contribution in [-0.4, -0.2) is 33.0 Å². The van der Waals surface area contributed by atoms with Gasteiger partial charge in [-0.1, -0.05) is 47.6 Å². The van der Waals surface area contributed by atoms with Crippen LogP contribution in [0, 0.1) is 5.82 Å². The fourth-order valence-corrected chi connectivity index (χ4v) is 4.09. The van der Waals surface area contributed by atoms with Crippen molar-refractivity contribution in [1.82, 2.24) is 14.8 Å². The summed E-state index contributed by atoms with van der Waals surface area (Å²) in [5.74, 6) is 0.516. The molecular weight excluding hydrogens is 463 g/mol. The number of rotatable bonds is 8. The fourth-order valence-electron chi connectivity index (χ4n) is 3.15. The summed E-state index contributed by atoms with van der Waals surface area (Å²) in [4.78, 5) is 12.4. The molecule has 9 heteroatoms. The van der Waals surface area contributed by atoms with Crippen molar-refractivity contribution in [3.8, 4) is 22.8 Å². The molecule has 1 aromatic heterocycles. The van der Waals surface area contributed by atoms with Crippen LogP contribution in [0.3, 0.4) is 0 Å². The lowest BCUT2D eigenvalue weighted by Crippen LogP contribution is -2.15. The van der Waals surface area contributed by atoms with Gasteiger partial charge in [0, 0.05) is 16.3 Å². The predicted octanol–water partition coefficient (Wildman–Crippen LogP) is 5.86. The number of para-hydroxylation sites is 1. The van der Waals surface area contributed by atoms with Crippen molar-refractivity contribution in [3.05, 3.63) is 83.6 Å². The molecule has 0 radical (unpaired) electrons. The highest BCUT2D eigenvalue weighted by molar-refractivity contribution is 7.99. The van der Waals surface area contributed by atoms with Crippen LogP contribution in [0.1, 0.15) is 6.92 Å². The first kappa shape index (κ1) is 22.8. The molecule has 0 atom stereocenters. The average molecular weight is 483 g/mol. The Labute approximate surface area is 199 Å². The zero-order chi connectivity index (χ0) is 23.2. The summed E-state index contributed by atoms with van der Waals surface area (Å²) >= 11 is 7.39. The van der Waals surface area contributed by atoms with E-state index in [1.807, 2.05) is 47.9 Å². The zero-order valence-electron chi connectivity index (χ0n) is 17.7. The van der Waals surface area contributed by atoms with Gasteiger partial charge in [0.1, 0.15) is 11.6 Å². The Kier molecular flexibility index (Phi) is 7.26. The topological polar surface area (TPSA) is 69.0 Å². The Bertz CT molecular complexity index is 1260. The van der Waals surface area contributed by atoms with Crippen molar-refractivity contribution in [2.75, 3.05) is 17.7 Å². The number of anilines is 1. The number of halogens is 2. The number of ether oxygens (including phenoxy) is 1. The van der Waals surface area contributed by atoms with Crippen molar-refractivity contribution < 1.29 is 13.9 Å². The molecular formula is C24H20ClFN4O2S. The van der Waals surface area contributed by atoms with E-state index in [0.29, 0.717) is 22.6 Å². The second-order valence-electron chi connectivity index (χ2n) is 6.90. The van der Waals surface area contributed by atoms with Crippen molar-refractivity contribution in [3.63, 3.8) is 0 Å². The first-order valence-corrected chi connectivity index (χ1v) is 11.5. The van der Waals surface area contributed by atoms with E-state index in [0.717, 1.165) is 17.0 Å². The van der Waals surface area contributed by atoms with Crippen LogP contribution in [0.5, 0.6) is 5.75 Å². The van der Waals surface area contributed by atoms with Gasteiger partial charge in [-0.05, 0) is 55.5 Å². The lowest BCUT2D eigenvalue weighted by atomic mass is 10.2. The van der Waals surface area contributed by atoms with Crippen molar-refractivity contribution in [2.45, 2.75) is 12.1 Å². The van der Waals surface area contributed by atoms with Crippen LogP contribution in [-0.2, 0) is 4.79 Å². The molecule has 0 unspecified atom stereocenters. The molecule has 6 nitrogen and oxygen atoms in total. The highest BCUT2D eigenvalue weighted by Gasteiger charge is 2.18. The van der Waals surface area contributed by atoms with Gasteiger partial charge < -0.3 is 10.1 Å². The maximum Gasteiger partial charge on any atom is 0.234 e. The van der Waals surface area contributed by atoms with Crippen LogP contribution >= 0.6 is 23.4 Å². The number of benzene rings is 3. The van der Waals surface area contributed by atoms with Crippen LogP contribution < -0.4 is 10.1 Å². The van der Waals surface area contributed by atoms with E-state index in [9.17, 15) is 9.18 Å². The maximum absolute atomic E-state index is 13.8. The first-order valence-electron chi connectivity index (χ1n) is 10.2. The molecule has 0 saturated carbocycles. The third-order valence-corrected chi connectivity index (χ3v) is 5.77. The van der Waals surface area contributed by atoms with Crippen molar-refractivity contribution in [1.29, 1.82) is 0 Å². The average Bonchev–Trinajstić information content (AvgIpc) is 3.24. The highest BCUT2D eigenvalue weighted by Crippen LogP contribution is 2.30. The molecule has 4 rings (SSSR count). The summed E-state index contributed by atoms with van der Waals surface area (Å²) in [6.45, 7) is 2.49. The van der Waals surface area contributed by atoms with E-state index in [1.54, 1.807) is 24.3 Å². The first-order chi connectivity index (χ1) is 16.0. The van der Waals surface area contributed by atoms with Gasteiger partial charge in [0.05, 0.1) is 18.0 Å². The maximum atomic E-state index is 13.8. The number of thioether (sulfide) groups is 1. The molecule has 0 bridgehead atoms. The van der Waals surface area contributed by atoms with Crippen LogP contribution in [0.2, 0.25) is 5.02 Å². The summed E-state index contributed by atoms with van der Waals surface area (Å²) in [6.07, 6.45) is 0. The normalized spacial score (nSPS) is 10.8. The van der Waals surface area contributed by atoms with Gasteiger partial charge in [0.2, 0.25) is 5.91 Å². The van der Waals surface area contributed by atoms with Crippen LogP contribution in [0.4, 0.5) is 10.1 Å². The molecule has 1 heterocycles. The molecule has 33 heavy (non-hydrogen) atoms. The summed E-state index contributed by atoms with van der Waals surface area (Å²) in [5, 5.41) is 12.3. The number of hydrogen-bond donors (Lipinski definition) is 1. The van der Waals surface area contributed by atoms with E-state index >= 15 is 0 Å². The quantitative estimate of drug-likeness (QED) is 0.319.